The first kappa shape index (κ1) is 13.8. The Hall–Kier alpha value is -0.180. The molecule has 0 radical (unpaired) electrons. The molecule has 1 saturated heterocycles. The van der Waals surface area contributed by atoms with E-state index in [1.807, 2.05) is 11.8 Å². The molecule has 19 heavy (non-hydrogen) atoms. The topological polar surface area (TPSA) is 24.4 Å². The lowest BCUT2D eigenvalue weighted by molar-refractivity contribution is 0.250. The summed E-state index contributed by atoms with van der Waals surface area (Å²) >= 11 is 1.97. The van der Waals surface area contributed by atoms with E-state index in [1.165, 1.54) is 49.4 Å². The summed E-state index contributed by atoms with van der Waals surface area (Å²) in [7, 11) is 0. The lowest BCUT2D eigenvalue weighted by Crippen LogP contribution is -2.46. The van der Waals surface area contributed by atoms with Crippen LogP contribution in [0.1, 0.15) is 59.3 Å². The molecule has 3 heteroatoms. The fourth-order valence-electron chi connectivity index (χ4n) is 3.48. The van der Waals surface area contributed by atoms with Crippen LogP contribution in [0.25, 0.3) is 0 Å². The van der Waals surface area contributed by atoms with Crippen molar-refractivity contribution in [2.75, 3.05) is 12.3 Å². The van der Waals surface area contributed by atoms with Crippen LogP contribution in [0.5, 0.6) is 0 Å². The van der Waals surface area contributed by atoms with Gasteiger partial charge in [-0.15, -0.1) is 0 Å². The highest BCUT2D eigenvalue weighted by Gasteiger charge is 2.46. The van der Waals surface area contributed by atoms with E-state index in [1.54, 1.807) is 0 Å². The molecule has 3 rings (SSSR count). The largest absolute Gasteiger partial charge is 0.359 e. The van der Waals surface area contributed by atoms with Crippen molar-refractivity contribution >= 4 is 16.9 Å². The molecule has 2 nitrogen and oxygen atoms in total. The summed E-state index contributed by atoms with van der Waals surface area (Å²) in [5, 5.41) is 5.02. The first-order chi connectivity index (χ1) is 9.04. The Bertz CT molecular complexity index is 363. The van der Waals surface area contributed by atoms with Crippen LogP contribution in [0.4, 0.5) is 0 Å². The predicted octanol–water partition coefficient (Wildman–Crippen LogP) is 4.06. The maximum atomic E-state index is 4.92. The van der Waals surface area contributed by atoms with Crippen LogP contribution < -0.4 is 5.32 Å². The normalized spacial score (nSPS) is 38.9. The zero-order chi connectivity index (χ0) is 13.5. The lowest BCUT2D eigenvalue weighted by Gasteiger charge is -2.35. The Morgan fingerprint density at radius 3 is 2.53 bits per heavy atom. The van der Waals surface area contributed by atoms with Crippen molar-refractivity contribution in [3.63, 3.8) is 0 Å². The molecule has 1 spiro atoms. The smallest absolute Gasteiger partial charge is 0.157 e. The van der Waals surface area contributed by atoms with E-state index >= 15 is 0 Å². The van der Waals surface area contributed by atoms with E-state index in [9.17, 15) is 0 Å². The summed E-state index contributed by atoms with van der Waals surface area (Å²) in [6, 6.07) is 0. The second-order valence-electron chi connectivity index (χ2n) is 7.51. The van der Waals surface area contributed by atoms with Crippen molar-refractivity contribution in [2.24, 2.45) is 22.2 Å². The van der Waals surface area contributed by atoms with Crippen LogP contribution >= 0.6 is 11.8 Å². The molecule has 0 unspecified atom stereocenters. The molecule has 0 aromatic rings. The van der Waals surface area contributed by atoms with Gasteiger partial charge in [0.15, 0.2) is 5.17 Å². The molecule has 1 aliphatic heterocycles. The SMILES string of the molecule is CC1CCC2(CC1)CSC(=NCC1(C(C)C)CC1)N2. The Balaban J connectivity index is 1.57. The van der Waals surface area contributed by atoms with Crippen molar-refractivity contribution in [3.8, 4) is 0 Å². The third-order valence-electron chi connectivity index (χ3n) is 5.74. The van der Waals surface area contributed by atoms with Crippen molar-refractivity contribution in [1.82, 2.24) is 5.32 Å². The molecular weight excluding hydrogens is 252 g/mol. The van der Waals surface area contributed by atoms with Crippen LogP contribution in [0.2, 0.25) is 0 Å². The molecule has 0 atom stereocenters. The molecule has 3 fully saturated rings. The van der Waals surface area contributed by atoms with E-state index in [4.69, 9.17) is 4.99 Å². The van der Waals surface area contributed by atoms with Gasteiger partial charge in [0.2, 0.25) is 0 Å². The zero-order valence-corrected chi connectivity index (χ0v) is 13.5. The van der Waals surface area contributed by atoms with Crippen molar-refractivity contribution < 1.29 is 0 Å². The standard InChI is InChI=1S/C16H28N2S/c1-12(2)15(8-9-15)10-17-14-18-16(11-19-14)6-4-13(3)5-7-16/h12-13H,4-11H2,1-3H3,(H,17,18). The van der Waals surface area contributed by atoms with Crippen LogP contribution in [0.15, 0.2) is 4.99 Å². The van der Waals surface area contributed by atoms with Gasteiger partial charge in [0.05, 0.1) is 0 Å². The van der Waals surface area contributed by atoms with E-state index in [0.717, 1.165) is 18.4 Å². The van der Waals surface area contributed by atoms with Gasteiger partial charge in [-0.05, 0) is 55.8 Å². The monoisotopic (exact) mass is 280 g/mol. The van der Waals surface area contributed by atoms with Gasteiger partial charge in [-0.2, -0.15) is 0 Å². The first-order valence-corrected chi connectivity index (χ1v) is 8.98. The van der Waals surface area contributed by atoms with E-state index in [-0.39, 0.29) is 0 Å². The third-order valence-corrected chi connectivity index (χ3v) is 6.94. The molecule has 0 aromatic carbocycles. The predicted molar refractivity (Wildman–Crippen MR) is 84.8 cm³/mol. The summed E-state index contributed by atoms with van der Waals surface area (Å²) in [4.78, 5) is 4.92. The maximum absolute atomic E-state index is 4.92. The highest BCUT2D eigenvalue weighted by Crippen LogP contribution is 2.52. The molecule has 0 aromatic heterocycles. The summed E-state index contributed by atoms with van der Waals surface area (Å²) in [6.45, 7) is 8.15. The van der Waals surface area contributed by atoms with Gasteiger partial charge in [0, 0.05) is 17.8 Å². The summed E-state index contributed by atoms with van der Waals surface area (Å²) < 4.78 is 0. The fourth-order valence-corrected chi connectivity index (χ4v) is 4.70. The van der Waals surface area contributed by atoms with Crippen LogP contribution in [-0.2, 0) is 0 Å². The molecule has 0 amide bonds. The van der Waals surface area contributed by atoms with Gasteiger partial charge >= 0.3 is 0 Å². The number of nitrogens with one attached hydrogen (secondary N) is 1. The lowest BCUT2D eigenvalue weighted by atomic mass is 9.78. The first-order valence-electron chi connectivity index (χ1n) is 7.99. The number of amidine groups is 1. The van der Waals surface area contributed by atoms with Crippen molar-refractivity contribution in [2.45, 2.75) is 64.8 Å². The number of aliphatic imine (C=N–C) groups is 1. The maximum Gasteiger partial charge on any atom is 0.157 e. The van der Waals surface area contributed by atoms with Crippen LogP contribution in [-0.4, -0.2) is 23.0 Å². The van der Waals surface area contributed by atoms with Crippen molar-refractivity contribution in [3.05, 3.63) is 0 Å². The average Bonchev–Trinajstić information content (AvgIpc) is 3.09. The van der Waals surface area contributed by atoms with Crippen molar-refractivity contribution in [1.29, 1.82) is 0 Å². The molecule has 1 heterocycles. The van der Waals surface area contributed by atoms with Gasteiger partial charge in [0.1, 0.15) is 0 Å². The third kappa shape index (κ3) is 2.81. The highest BCUT2D eigenvalue weighted by molar-refractivity contribution is 8.14. The highest BCUT2D eigenvalue weighted by atomic mass is 32.2. The molecule has 0 bridgehead atoms. The van der Waals surface area contributed by atoms with Gasteiger partial charge in [-0.3, -0.25) is 4.99 Å². The summed E-state index contributed by atoms with van der Waals surface area (Å²) in [5.74, 6) is 2.95. The number of rotatable bonds is 3. The fraction of sp³-hybridized carbons (Fsp3) is 0.938. The second-order valence-corrected chi connectivity index (χ2v) is 8.48. The van der Waals surface area contributed by atoms with E-state index in [0.29, 0.717) is 11.0 Å². The van der Waals surface area contributed by atoms with Crippen LogP contribution in [0, 0.1) is 17.3 Å². The van der Waals surface area contributed by atoms with E-state index in [2.05, 4.69) is 26.1 Å². The van der Waals surface area contributed by atoms with Gasteiger partial charge < -0.3 is 5.32 Å². The Morgan fingerprint density at radius 1 is 1.26 bits per heavy atom. The summed E-state index contributed by atoms with van der Waals surface area (Å²) in [6.07, 6.45) is 8.22. The molecular formula is C16H28N2S. The van der Waals surface area contributed by atoms with Gasteiger partial charge in [0.25, 0.3) is 0 Å². The Morgan fingerprint density at radius 2 is 1.95 bits per heavy atom. The molecule has 1 N–H and O–H groups in total. The molecule has 3 aliphatic rings. The summed E-state index contributed by atoms with van der Waals surface area (Å²) in [5.41, 5.74) is 0.941. The minimum Gasteiger partial charge on any atom is -0.359 e. The number of thioether (sulfide) groups is 1. The van der Waals surface area contributed by atoms with Crippen LogP contribution in [0.3, 0.4) is 0 Å². The number of hydrogen-bond acceptors (Lipinski definition) is 2. The Kier molecular flexibility index (Phi) is 3.61. The zero-order valence-electron chi connectivity index (χ0n) is 12.7. The molecule has 108 valence electrons. The minimum atomic E-state index is 0.393. The Labute approximate surface area is 122 Å². The number of nitrogens with zero attached hydrogens (tertiary/aromatic N) is 1. The van der Waals surface area contributed by atoms with Gasteiger partial charge in [-0.25, -0.2) is 0 Å². The van der Waals surface area contributed by atoms with Gasteiger partial charge in [-0.1, -0.05) is 32.5 Å². The quantitative estimate of drug-likeness (QED) is 0.843. The number of hydrogen-bond donors (Lipinski definition) is 1. The molecule has 2 saturated carbocycles. The minimum absolute atomic E-state index is 0.393. The van der Waals surface area contributed by atoms with E-state index < -0.39 is 0 Å². The average molecular weight is 280 g/mol. The molecule has 2 aliphatic carbocycles. The second kappa shape index (κ2) is 4.98.